The van der Waals surface area contributed by atoms with E-state index < -0.39 is 6.29 Å². The smallest absolute Gasteiger partial charge is 0.218 e. The van der Waals surface area contributed by atoms with Crippen molar-refractivity contribution in [3.8, 4) is 0 Å². The highest BCUT2D eigenvalue weighted by atomic mass is 16.7. The number of hydrogen-bond donors (Lipinski definition) is 0. The second kappa shape index (κ2) is 7.74. The average Bonchev–Trinajstić information content (AvgIpc) is 2.56. The Morgan fingerprint density at radius 2 is 1.82 bits per heavy atom. The van der Waals surface area contributed by atoms with Crippen molar-refractivity contribution in [2.45, 2.75) is 64.6 Å². The SMILES string of the molecule is CCCCCCCCO[C@@H]1OC[C@@H]2[C@H](C1=O)[C@@H]1C=C[C@H]2CC1. The zero-order chi connectivity index (χ0) is 15.4. The Balaban J connectivity index is 1.41. The number of carbonyl (C=O) groups excluding carboxylic acids is 1. The van der Waals surface area contributed by atoms with Crippen molar-refractivity contribution in [2.24, 2.45) is 23.7 Å². The van der Waals surface area contributed by atoms with Crippen LogP contribution in [0.15, 0.2) is 12.2 Å². The molecule has 4 rings (SSSR count). The van der Waals surface area contributed by atoms with Crippen molar-refractivity contribution in [2.75, 3.05) is 13.2 Å². The van der Waals surface area contributed by atoms with E-state index in [1.165, 1.54) is 38.5 Å². The summed E-state index contributed by atoms with van der Waals surface area (Å²) in [7, 11) is 0. The summed E-state index contributed by atoms with van der Waals surface area (Å²) in [6.45, 7) is 3.59. The summed E-state index contributed by atoms with van der Waals surface area (Å²) in [4.78, 5) is 12.7. The molecule has 0 amide bonds. The quantitative estimate of drug-likeness (QED) is 0.500. The molecular weight excluding hydrogens is 276 g/mol. The molecule has 3 heteroatoms. The van der Waals surface area contributed by atoms with Crippen molar-refractivity contribution >= 4 is 5.78 Å². The normalized spacial score (nSPS) is 36.6. The fourth-order valence-corrected chi connectivity index (χ4v) is 4.39. The van der Waals surface area contributed by atoms with Crippen LogP contribution < -0.4 is 0 Å². The molecule has 1 saturated heterocycles. The molecule has 1 aliphatic heterocycles. The highest BCUT2D eigenvalue weighted by Crippen LogP contribution is 2.47. The van der Waals surface area contributed by atoms with Gasteiger partial charge >= 0.3 is 0 Å². The zero-order valence-corrected chi connectivity index (χ0v) is 13.8. The lowest BCUT2D eigenvalue weighted by molar-refractivity contribution is -0.204. The van der Waals surface area contributed by atoms with E-state index in [-0.39, 0.29) is 11.7 Å². The number of carbonyl (C=O) groups is 1. The molecule has 0 N–H and O–H groups in total. The number of unbranched alkanes of at least 4 members (excludes halogenated alkanes) is 5. The fourth-order valence-electron chi connectivity index (χ4n) is 4.39. The molecule has 3 aliphatic carbocycles. The van der Waals surface area contributed by atoms with E-state index in [9.17, 15) is 4.79 Å². The first-order chi connectivity index (χ1) is 10.8. The molecule has 0 aromatic rings. The summed E-state index contributed by atoms with van der Waals surface area (Å²) in [5.41, 5.74) is 0. The van der Waals surface area contributed by atoms with Crippen molar-refractivity contribution in [3.63, 3.8) is 0 Å². The first kappa shape index (κ1) is 16.2. The highest BCUT2D eigenvalue weighted by Gasteiger charge is 2.49. The predicted octanol–water partition coefficient (Wildman–Crippen LogP) is 4.12. The Morgan fingerprint density at radius 3 is 2.59 bits per heavy atom. The standard InChI is InChI=1S/C19H30O3/c1-2-3-4-5-6-7-12-21-19-18(20)17-15-10-8-14(9-11-15)16(17)13-22-19/h8,10,14-17,19H,2-7,9,11-13H2,1H3/t14-,15+,16-,17+,19+/m0/s1. The molecule has 1 heterocycles. The maximum absolute atomic E-state index is 12.7. The van der Waals surface area contributed by atoms with Crippen LogP contribution in [0.2, 0.25) is 0 Å². The van der Waals surface area contributed by atoms with Gasteiger partial charge in [0.2, 0.25) is 6.29 Å². The molecule has 1 saturated carbocycles. The molecule has 0 radical (unpaired) electrons. The van der Waals surface area contributed by atoms with E-state index in [2.05, 4.69) is 19.1 Å². The fraction of sp³-hybridized carbons (Fsp3) is 0.842. The van der Waals surface area contributed by atoms with Gasteiger partial charge in [-0.15, -0.1) is 0 Å². The lowest BCUT2D eigenvalue weighted by Crippen LogP contribution is -2.52. The van der Waals surface area contributed by atoms with E-state index in [0.717, 1.165) is 12.8 Å². The van der Waals surface area contributed by atoms with Gasteiger partial charge < -0.3 is 9.47 Å². The van der Waals surface area contributed by atoms with Crippen LogP contribution in [0.25, 0.3) is 0 Å². The van der Waals surface area contributed by atoms with Gasteiger partial charge in [0.15, 0.2) is 5.78 Å². The third kappa shape index (κ3) is 3.46. The minimum Gasteiger partial charge on any atom is -0.346 e. The van der Waals surface area contributed by atoms with Gasteiger partial charge in [-0.25, -0.2) is 0 Å². The third-order valence-corrected chi connectivity index (χ3v) is 5.68. The average molecular weight is 306 g/mol. The number of rotatable bonds is 8. The van der Waals surface area contributed by atoms with Crippen LogP contribution in [0.1, 0.15) is 58.3 Å². The molecule has 0 aromatic heterocycles. The van der Waals surface area contributed by atoms with Crippen LogP contribution in [-0.2, 0) is 14.3 Å². The van der Waals surface area contributed by atoms with E-state index >= 15 is 0 Å². The van der Waals surface area contributed by atoms with Gasteiger partial charge in [0.05, 0.1) is 13.2 Å². The van der Waals surface area contributed by atoms with Crippen LogP contribution in [0, 0.1) is 23.7 Å². The van der Waals surface area contributed by atoms with Crippen LogP contribution >= 0.6 is 0 Å². The molecule has 22 heavy (non-hydrogen) atoms. The number of ketones is 1. The van der Waals surface area contributed by atoms with Crippen molar-refractivity contribution in [1.82, 2.24) is 0 Å². The Bertz CT molecular complexity index is 403. The number of Topliss-reactive ketones (excluding diaryl/α,β-unsaturated/α-hetero) is 1. The minimum atomic E-state index is -0.593. The van der Waals surface area contributed by atoms with Gasteiger partial charge in [0.1, 0.15) is 0 Å². The van der Waals surface area contributed by atoms with Crippen LogP contribution in [0.5, 0.6) is 0 Å². The Hall–Kier alpha value is -0.670. The van der Waals surface area contributed by atoms with E-state index in [1.54, 1.807) is 0 Å². The summed E-state index contributed by atoms with van der Waals surface area (Å²) in [6, 6.07) is 0. The Kier molecular flexibility index (Phi) is 5.70. The molecule has 2 bridgehead atoms. The molecule has 3 nitrogen and oxygen atoms in total. The Labute approximate surface area is 134 Å². The number of ether oxygens (including phenoxy) is 2. The van der Waals surface area contributed by atoms with Gasteiger partial charge in [0, 0.05) is 5.92 Å². The molecule has 2 fully saturated rings. The van der Waals surface area contributed by atoms with Crippen LogP contribution in [-0.4, -0.2) is 25.3 Å². The summed E-state index contributed by atoms with van der Waals surface area (Å²) >= 11 is 0. The van der Waals surface area contributed by atoms with Gasteiger partial charge in [0.25, 0.3) is 0 Å². The molecule has 4 aliphatic rings. The predicted molar refractivity (Wildman–Crippen MR) is 86.4 cm³/mol. The summed E-state index contributed by atoms with van der Waals surface area (Å²) in [6.07, 6.45) is 13.8. The summed E-state index contributed by atoms with van der Waals surface area (Å²) < 4.78 is 11.5. The van der Waals surface area contributed by atoms with E-state index in [1.807, 2.05) is 0 Å². The third-order valence-electron chi connectivity index (χ3n) is 5.68. The number of hydrogen-bond acceptors (Lipinski definition) is 3. The van der Waals surface area contributed by atoms with Crippen molar-refractivity contribution in [1.29, 1.82) is 0 Å². The lowest BCUT2D eigenvalue weighted by Gasteiger charge is -2.47. The second-order valence-electron chi connectivity index (χ2n) is 7.19. The van der Waals surface area contributed by atoms with E-state index in [0.29, 0.717) is 31.0 Å². The summed E-state index contributed by atoms with van der Waals surface area (Å²) in [5, 5.41) is 0. The minimum absolute atomic E-state index is 0.159. The molecule has 5 atom stereocenters. The lowest BCUT2D eigenvalue weighted by atomic mass is 9.60. The monoisotopic (exact) mass is 306 g/mol. The Morgan fingerprint density at radius 1 is 1.09 bits per heavy atom. The maximum Gasteiger partial charge on any atom is 0.218 e. The van der Waals surface area contributed by atoms with Crippen molar-refractivity contribution < 1.29 is 14.3 Å². The highest BCUT2D eigenvalue weighted by molar-refractivity contribution is 5.86. The van der Waals surface area contributed by atoms with E-state index in [4.69, 9.17) is 9.47 Å². The zero-order valence-electron chi connectivity index (χ0n) is 13.8. The number of fused-ring (bicyclic) bond motifs is 1. The topological polar surface area (TPSA) is 35.5 Å². The number of allylic oxidation sites excluding steroid dienone is 2. The van der Waals surface area contributed by atoms with Crippen LogP contribution in [0.3, 0.4) is 0 Å². The molecule has 0 unspecified atom stereocenters. The molecule has 0 spiro atoms. The molecule has 0 aromatic carbocycles. The van der Waals surface area contributed by atoms with Gasteiger partial charge in [-0.05, 0) is 37.0 Å². The van der Waals surface area contributed by atoms with Gasteiger partial charge in [-0.3, -0.25) is 4.79 Å². The van der Waals surface area contributed by atoms with Gasteiger partial charge in [-0.1, -0.05) is 51.2 Å². The second-order valence-corrected chi connectivity index (χ2v) is 7.19. The first-order valence-corrected chi connectivity index (χ1v) is 9.26. The largest absolute Gasteiger partial charge is 0.346 e. The molecule has 124 valence electrons. The van der Waals surface area contributed by atoms with Crippen molar-refractivity contribution in [3.05, 3.63) is 12.2 Å². The molecular formula is C19H30O3. The first-order valence-electron chi connectivity index (χ1n) is 9.26. The van der Waals surface area contributed by atoms with Gasteiger partial charge in [-0.2, -0.15) is 0 Å². The maximum atomic E-state index is 12.7. The van der Waals surface area contributed by atoms with Crippen LogP contribution in [0.4, 0.5) is 0 Å². The summed E-state index contributed by atoms with van der Waals surface area (Å²) in [5.74, 6) is 1.77.